The van der Waals surface area contributed by atoms with E-state index in [2.05, 4.69) is 20.8 Å². The van der Waals surface area contributed by atoms with Crippen LogP contribution in [0.15, 0.2) is 0 Å². The van der Waals surface area contributed by atoms with Crippen molar-refractivity contribution in [2.45, 2.75) is 70.9 Å². The van der Waals surface area contributed by atoms with Gasteiger partial charge in [-0.05, 0) is 23.3 Å². The van der Waals surface area contributed by atoms with Crippen LogP contribution in [0.4, 0.5) is 0 Å². The van der Waals surface area contributed by atoms with Crippen molar-refractivity contribution in [1.82, 2.24) is 25.5 Å². The van der Waals surface area contributed by atoms with Crippen molar-refractivity contribution < 1.29 is 4.79 Å². The number of carbonyl (C=O) groups is 1. The highest BCUT2D eigenvalue weighted by Gasteiger charge is 2.15. The van der Waals surface area contributed by atoms with E-state index in [-0.39, 0.29) is 12.5 Å². The Balaban J connectivity index is 1.82. The number of hydrogen-bond acceptors (Lipinski definition) is 4. The fraction of sp³-hybridized carbons (Fsp3) is 0.846. The third kappa shape index (κ3) is 4.29. The zero-order valence-electron chi connectivity index (χ0n) is 11.6. The van der Waals surface area contributed by atoms with Crippen molar-refractivity contribution in [2.75, 3.05) is 0 Å². The van der Waals surface area contributed by atoms with Gasteiger partial charge in [0.05, 0.1) is 0 Å². The molecule has 1 aromatic heterocycles. The van der Waals surface area contributed by atoms with E-state index in [9.17, 15) is 4.79 Å². The maximum absolute atomic E-state index is 12.0. The fourth-order valence-corrected chi connectivity index (χ4v) is 2.61. The van der Waals surface area contributed by atoms with Gasteiger partial charge in [-0.1, -0.05) is 39.0 Å². The number of rotatable bonds is 4. The van der Waals surface area contributed by atoms with E-state index in [4.69, 9.17) is 0 Å². The lowest BCUT2D eigenvalue weighted by molar-refractivity contribution is -0.122. The first-order valence-corrected chi connectivity index (χ1v) is 7.34. The molecule has 0 radical (unpaired) electrons. The third-order valence-electron chi connectivity index (χ3n) is 3.69. The summed E-state index contributed by atoms with van der Waals surface area (Å²) in [5.41, 5.74) is 0. The molecule has 1 saturated carbocycles. The van der Waals surface area contributed by atoms with E-state index in [0.717, 1.165) is 25.1 Å². The van der Waals surface area contributed by atoms with Gasteiger partial charge in [-0.3, -0.25) is 4.79 Å². The molecule has 0 spiro atoms. The van der Waals surface area contributed by atoms with Gasteiger partial charge >= 0.3 is 0 Å². The summed E-state index contributed by atoms with van der Waals surface area (Å²) < 4.78 is 1.58. The molecule has 0 bridgehead atoms. The van der Waals surface area contributed by atoms with Crippen LogP contribution < -0.4 is 5.32 Å². The summed E-state index contributed by atoms with van der Waals surface area (Å²) in [4.78, 5) is 12.0. The quantitative estimate of drug-likeness (QED) is 0.894. The van der Waals surface area contributed by atoms with Crippen LogP contribution in [0.1, 0.15) is 57.7 Å². The lowest BCUT2D eigenvalue weighted by Gasteiger charge is -2.21. The number of hydrogen-bond donors (Lipinski definition) is 1. The standard InChI is InChI=1S/C13H23N5O/c1-2-12-15-16-17-18(12)10-13(19)14-11-8-6-4-3-5-7-9-11/h11H,2-10H2,1H3,(H,14,19). The molecular formula is C13H23N5O. The van der Waals surface area contributed by atoms with Crippen LogP contribution in [-0.4, -0.2) is 32.2 Å². The van der Waals surface area contributed by atoms with Gasteiger partial charge in [-0.2, -0.15) is 0 Å². The molecule has 0 saturated heterocycles. The largest absolute Gasteiger partial charge is 0.352 e. The lowest BCUT2D eigenvalue weighted by atomic mass is 9.97. The second-order valence-corrected chi connectivity index (χ2v) is 5.22. The lowest BCUT2D eigenvalue weighted by Crippen LogP contribution is -2.37. The molecule has 1 amide bonds. The van der Waals surface area contributed by atoms with Crippen molar-refractivity contribution in [1.29, 1.82) is 0 Å². The average molecular weight is 265 g/mol. The summed E-state index contributed by atoms with van der Waals surface area (Å²) in [7, 11) is 0. The van der Waals surface area contributed by atoms with Crippen molar-refractivity contribution in [2.24, 2.45) is 0 Å². The Morgan fingerprint density at radius 2 is 1.95 bits per heavy atom. The first-order valence-electron chi connectivity index (χ1n) is 7.34. The summed E-state index contributed by atoms with van der Waals surface area (Å²) >= 11 is 0. The number of nitrogens with one attached hydrogen (secondary N) is 1. The summed E-state index contributed by atoms with van der Waals surface area (Å²) in [5.74, 6) is 0.778. The van der Waals surface area contributed by atoms with Gasteiger partial charge in [0.1, 0.15) is 6.54 Å². The van der Waals surface area contributed by atoms with Gasteiger partial charge < -0.3 is 5.32 Å². The Morgan fingerprint density at radius 1 is 1.26 bits per heavy atom. The maximum Gasteiger partial charge on any atom is 0.242 e. The molecule has 19 heavy (non-hydrogen) atoms. The molecule has 1 aliphatic rings. The van der Waals surface area contributed by atoms with Gasteiger partial charge in [-0.25, -0.2) is 4.68 Å². The molecule has 0 aromatic carbocycles. The molecule has 1 N–H and O–H groups in total. The van der Waals surface area contributed by atoms with Crippen molar-refractivity contribution in [3.63, 3.8) is 0 Å². The van der Waals surface area contributed by atoms with E-state index in [1.54, 1.807) is 4.68 Å². The van der Waals surface area contributed by atoms with E-state index < -0.39 is 0 Å². The topological polar surface area (TPSA) is 72.7 Å². The van der Waals surface area contributed by atoms with Crippen LogP contribution >= 0.6 is 0 Å². The average Bonchev–Trinajstić information content (AvgIpc) is 2.79. The van der Waals surface area contributed by atoms with Crippen molar-refractivity contribution in [3.8, 4) is 0 Å². The number of nitrogens with zero attached hydrogens (tertiary/aromatic N) is 4. The molecule has 6 heteroatoms. The number of aryl methyl sites for hydroxylation is 1. The molecular weight excluding hydrogens is 242 g/mol. The van der Waals surface area contributed by atoms with Gasteiger partial charge in [0.15, 0.2) is 5.82 Å². The first-order chi connectivity index (χ1) is 9.29. The molecule has 0 aliphatic heterocycles. The summed E-state index contributed by atoms with van der Waals surface area (Å²) in [6, 6.07) is 0.328. The van der Waals surface area contributed by atoms with Crippen molar-refractivity contribution >= 4 is 5.91 Å². The van der Waals surface area contributed by atoms with Crippen LogP contribution in [0.25, 0.3) is 0 Å². The number of carbonyl (C=O) groups excluding carboxylic acids is 1. The molecule has 0 atom stereocenters. The first kappa shape index (κ1) is 14.0. The third-order valence-corrected chi connectivity index (χ3v) is 3.69. The highest BCUT2D eigenvalue weighted by molar-refractivity contribution is 5.75. The second kappa shape index (κ2) is 7.21. The minimum Gasteiger partial charge on any atom is -0.352 e. The molecule has 0 unspecified atom stereocenters. The minimum atomic E-state index is 0.0209. The SMILES string of the molecule is CCc1nnnn1CC(=O)NC1CCCCCCC1. The normalized spacial score (nSPS) is 17.7. The Hall–Kier alpha value is -1.46. The Kier molecular flexibility index (Phi) is 5.30. The summed E-state index contributed by atoms with van der Waals surface area (Å²) in [5, 5.41) is 14.5. The number of tetrazole rings is 1. The van der Waals surface area contributed by atoms with Gasteiger partial charge in [-0.15, -0.1) is 5.10 Å². The van der Waals surface area contributed by atoms with Crippen LogP contribution in [0.5, 0.6) is 0 Å². The monoisotopic (exact) mass is 265 g/mol. The highest BCUT2D eigenvalue weighted by Crippen LogP contribution is 2.17. The highest BCUT2D eigenvalue weighted by atomic mass is 16.2. The van der Waals surface area contributed by atoms with Crippen LogP contribution in [-0.2, 0) is 17.8 Å². The van der Waals surface area contributed by atoms with Crippen LogP contribution in [0.2, 0.25) is 0 Å². The molecule has 2 rings (SSSR count). The van der Waals surface area contributed by atoms with E-state index in [1.165, 1.54) is 32.1 Å². The predicted octanol–water partition coefficient (Wildman–Crippen LogP) is 1.46. The number of aromatic nitrogens is 4. The van der Waals surface area contributed by atoms with Crippen LogP contribution in [0.3, 0.4) is 0 Å². The summed E-state index contributed by atoms with van der Waals surface area (Å²) in [6.07, 6.45) is 9.30. The fourth-order valence-electron chi connectivity index (χ4n) is 2.61. The van der Waals surface area contributed by atoms with E-state index in [1.807, 2.05) is 6.92 Å². The summed E-state index contributed by atoms with van der Waals surface area (Å²) in [6.45, 7) is 2.21. The van der Waals surface area contributed by atoms with E-state index in [0.29, 0.717) is 6.04 Å². The number of amides is 1. The molecule has 1 fully saturated rings. The molecule has 106 valence electrons. The second-order valence-electron chi connectivity index (χ2n) is 5.22. The molecule has 1 aromatic rings. The van der Waals surface area contributed by atoms with Gasteiger partial charge in [0.2, 0.25) is 5.91 Å². The Bertz CT molecular complexity index is 395. The maximum atomic E-state index is 12.0. The zero-order chi connectivity index (χ0) is 13.5. The Morgan fingerprint density at radius 3 is 2.63 bits per heavy atom. The molecule has 1 aliphatic carbocycles. The predicted molar refractivity (Wildman–Crippen MR) is 71.4 cm³/mol. The minimum absolute atomic E-state index is 0.0209. The van der Waals surface area contributed by atoms with Crippen molar-refractivity contribution in [3.05, 3.63) is 5.82 Å². The van der Waals surface area contributed by atoms with Gasteiger partial charge in [0.25, 0.3) is 0 Å². The molecule has 6 nitrogen and oxygen atoms in total. The smallest absolute Gasteiger partial charge is 0.242 e. The Labute approximate surface area is 113 Å². The van der Waals surface area contributed by atoms with Gasteiger partial charge in [0, 0.05) is 12.5 Å². The van der Waals surface area contributed by atoms with E-state index >= 15 is 0 Å². The zero-order valence-corrected chi connectivity index (χ0v) is 11.6. The molecule has 1 heterocycles. The van der Waals surface area contributed by atoms with Crippen LogP contribution in [0, 0.1) is 0 Å².